The maximum atomic E-state index is 12.1. The van der Waals surface area contributed by atoms with Crippen molar-refractivity contribution in [2.75, 3.05) is 11.9 Å². The molecule has 0 bridgehead atoms. The molecule has 0 saturated heterocycles. The van der Waals surface area contributed by atoms with Crippen molar-refractivity contribution in [1.29, 1.82) is 0 Å². The summed E-state index contributed by atoms with van der Waals surface area (Å²) in [6.07, 6.45) is 7.47. The second kappa shape index (κ2) is 7.23. The molecule has 2 aromatic rings. The molecule has 0 radical (unpaired) electrons. The predicted octanol–water partition coefficient (Wildman–Crippen LogP) is 1.94. The molecule has 1 aliphatic rings. The van der Waals surface area contributed by atoms with E-state index in [2.05, 4.69) is 20.9 Å². The number of nitrogens with one attached hydrogen (secondary N) is 2. The summed E-state index contributed by atoms with van der Waals surface area (Å²) in [5.41, 5.74) is 1.59. The summed E-state index contributed by atoms with van der Waals surface area (Å²) >= 11 is 0. The Balaban J connectivity index is 1.57. The number of nitrogens with zero attached hydrogens (tertiary/aromatic N) is 3. The molecule has 7 nitrogen and oxygen atoms in total. The minimum Gasteiger partial charge on any atom is -0.396 e. The average molecular weight is 315 g/mol. The first kappa shape index (κ1) is 15.5. The molecule has 3 rings (SSSR count). The van der Waals surface area contributed by atoms with Crippen LogP contribution >= 0.6 is 0 Å². The topological polar surface area (TPSA) is 92.1 Å². The molecule has 1 fully saturated rings. The van der Waals surface area contributed by atoms with Gasteiger partial charge in [-0.25, -0.2) is 9.48 Å². The van der Waals surface area contributed by atoms with Crippen molar-refractivity contribution in [3.05, 3.63) is 36.7 Å². The Kier molecular flexibility index (Phi) is 4.87. The predicted molar refractivity (Wildman–Crippen MR) is 86.3 cm³/mol. The quantitative estimate of drug-likeness (QED) is 0.804. The molecule has 1 aliphatic carbocycles. The van der Waals surface area contributed by atoms with E-state index in [0.29, 0.717) is 5.69 Å². The van der Waals surface area contributed by atoms with Crippen molar-refractivity contribution in [2.24, 2.45) is 5.92 Å². The van der Waals surface area contributed by atoms with Gasteiger partial charge in [-0.05, 0) is 37.1 Å². The second-order valence-corrected chi connectivity index (χ2v) is 5.83. The van der Waals surface area contributed by atoms with Crippen LogP contribution in [0.3, 0.4) is 0 Å². The molecule has 1 aromatic carbocycles. The maximum absolute atomic E-state index is 12.1. The highest BCUT2D eigenvalue weighted by Gasteiger charge is 2.25. The normalized spacial score (nSPS) is 20.9. The van der Waals surface area contributed by atoms with Gasteiger partial charge in [0.2, 0.25) is 0 Å². The smallest absolute Gasteiger partial charge is 0.319 e. The van der Waals surface area contributed by atoms with Crippen LogP contribution in [-0.2, 0) is 0 Å². The van der Waals surface area contributed by atoms with E-state index in [1.165, 1.54) is 0 Å². The van der Waals surface area contributed by atoms with E-state index in [9.17, 15) is 9.90 Å². The summed E-state index contributed by atoms with van der Waals surface area (Å²) in [5, 5.41) is 22.9. The summed E-state index contributed by atoms with van der Waals surface area (Å²) in [6, 6.07) is 7.18. The first-order chi connectivity index (χ1) is 11.3. The summed E-state index contributed by atoms with van der Waals surface area (Å²) in [4.78, 5) is 12.1. The number of benzene rings is 1. The number of aromatic nitrogens is 3. The highest BCUT2D eigenvalue weighted by molar-refractivity contribution is 5.89. The highest BCUT2D eigenvalue weighted by Crippen LogP contribution is 2.24. The van der Waals surface area contributed by atoms with Crippen LogP contribution in [0.5, 0.6) is 0 Å². The molecule has 122 valence electrons. The van der Waals surface area contributed by atoms with Gasteiger partial charge in [0, 0.05) is 24.3 Å². The third-order valence-electron chi connectivity index (χ3n) is 4.27. The molecule has 0 spiro atoms. The van der Waals surface area contributed by atoms with Gasteiger partial charge in [0.25, 0.3) is 0 Å². The van der Waals surface area contributed by atoms with Crippen molar-refractivity contribution in [2.45, 2.75) is 31.7 Å². The van der Waals surface area contributed by atoms with Gasteiger partial charge in [-0.1, -0.05) is 18.1 Å². The third kappa shape index (κ3) is 3.87. The Labute approximate surface area is 134 Å². The van der Waals surface area contributed by atoms with Crippen molar-refractivity contribution in [3.63, 3.8) is 0 Å². The van der Waals surface area contributed by atoms with Gasteiger partial charge in [-0.2, -0.15) is 0 Å². The Morgan fingerprint density at radius 1 is 1.26 bits per heavy atom. The number of carbonyl (C=O) groups excluding carboxylic acids is 1. The van der Waals surface area contributed by atoms with Gasteiger partial charge in [-0.15, -0.1) is 5.10 Å². The molecule has 3 N–H and O–H groups in total. The lowest BCUT2D eigenvalue weighted by molar-refractivity contribution is 0.156. The molecule has 2 unspecified atom stereocenters. The van der Waals surface area contributed by atoms with Crippen LogP contribution in [-0.4, -0.2) is 38.8 Å². The SMILES string of the molecule is O=C(Nc1ccc(-n2ccnn2)cc1)NC1CCCCC1CO. The molecule has 2 amide bonds. The largest absolute Gasteiger partial charge is 0.396 e. The summed E-state index contributed by atoms with van der Waals surface area (Å²) < 4.78 is 1.65. The number of carbonyl (C=O) groups is 1. The lowest BCUT2D eigenvalue weighted by Crippen LogP contribution is -2.45. The maximum Gasteiger partial charge on any atom is 0.319 e. The van der Waals surface area contributed by atoms with Gasteiger partial charge in [0.1, 0.15) is 0 Å². The van der Waals surface area contributed by atoms with Crippen LogP contribution in [0.4, 0.5) is 10.5 Å². The molecule has 23 heavy (non-hydrogen) atoms. The van der Waals surface area contributed by atoms with Gasteiger partial charge in [-0.3, -0.25) is 0 Å². The zero-order valence-corrected chi connectivity index (χ0v) is 12.9. The number of urea groups is 1. The number of aliphatic hydroxyl groups excluding tert-OH is 1. The Hall–Kier alpha value is -2.41. The fraction of sp³-hybridized carbons (Fsp3) is 0.438. The minimum absolute atomic E-state index is 0.0446. The van der Waals surface area contributed by atoms with E-state index in [-0.39, 0.29) is 24.6 Å². The number of rotatable bonds is 4. The van der Waals surface area contributed by atoms with E-state index in [0.717, 1.165) is 31.4 Å². The number of hydrogen-bond acceptors (Lipinski definition) is 4. The summed E-state index contributed by atoms with van der Waals surface area (Å²) in [7, 11) is 0. The fourth-order valence-corrected chi connectivity index (χ4v) is 3.00. The number of aliphatic hydroxyl groups is 1. The molecule has 1 saturated carbocycles. The first-order valence-electron chi connectivity index (χ1n) is 7.91. The average Bonchev–Trinajstić information content (AvgIpc) is 3.10. The van der Waals surface area contributed by atoms with Gasteiger partial charge < -0.3 is 15.7 Å². The summed E-state index contributed by atoms with van der Waals surface area (Å²) in [6.45, 7) is 0.123. The van der Waals surface area contributed by atoms with Crippen LogP contribution in [0.25, 0.3) is 5.69 Å². The number of hydrogen-bond donors (Lipinski definition) is 3. The lowest BCUT2D eigenvalue weighted by atomic mass is 9.85. The summed E-state index contributed by atoms with van der Waals surface area (Å²) in [5.74, 6) is 0.157. The Morgan fingerprint density at radius 3 is 2.74 bits per heavy atom. The van der Waals surface area contributed by atoms with Crippen molar-refractivity contribution >= 4 is 11.7 Å². The fourth-order valence-electron chi connectivity index (χ4n) is 3.00. The standard InChI is InChI=1S/C16H21N5O2/c22-11-12-3-1-2-4-15(12)19-16(23)18-13-5-7-14(8-6-13)21-10-9-17-20-21/h5-10,12,15,22H,1-4,11H2,(H2,18,19,23). The lowest BCUT2D eigenvalue weighted by Gasteiger charge is -2.30. The monoisotopic (exact) mass is 315 g/mol. The van der Waals surface area contributed by atoms with E-state index < -0.39 is 0 Å². The second-order valence-electron chi connectivity index (χ2n) is 5.83. The third-order valence-corrected chi connectivity index (χ3v) is 4.27. The van der Waals surface area contributed by atoms with Crippen LogP contribution in [0, 0.1) is 5.92 Å². The molecular weight excluding hydrogens is 294 g/mol. The van der Waals surface area contributed by atoms with Gasteiger partial charge in [0.05, 0.1) is 18.1 Å². The van der Waals surface area contributed by atoms with E-state index in [4.69, 9.17) is 0 Å². The van der Waals surface area contributed by atoms with Crippen LogP contribution in [0.15, 0.2) is 36.7 Å². The molecule has 2 atom stereocenters. The number of anilines is 1. The van der Waals surface area contributed by atoms with Crippen molar-refractivity contribution < 1.29 is 9.90 Å². The number of amides is 2. The Morgan fingerprint density at radius 2 is 2.04 bits per heavy atom. The van der Waals surface area contributed by atoms with E-state index in [1.807, 2.05) is 24.3 Å². The van der Waals surface area contributed by atoms with Crippen LogP contribution in [0.1, 0.15) is 25.7 Å². The zero-order chi connectivity index (χ0) is 16.1. The van der Waals surface area contributed by atoms with Crippen LogP contribution < -0.4 is 10.6 Å². The van der Waals surface area contributed by atoms with Crippen molar-refractivity contribution in [1.82, 2.24) is 20.3 Å². The van der Waals surface area contributed by atoms with Gasteiger partial charge in [0.15, 0.2) is 0 Å². The van der Waals surface area contributed by atoms with E-state index in [1.54, 1.807) is 17.1 Å². The first-order valence-corrected chi connectivity index (χ1v) is 7.91. The van der Waals surface area contributed by atoms with Crippen molar-refractivity contribution in [3.8, 4) is 5.69 Å². The zero-order valence-electron chi connectivity index (χ0n) is 12.9. The molecule has 1 heterocycles. The molecule has 1 aromatic heterocycles. The molecule has 0 aliphatic heterocycles. The molecule has 7 heteroatoms. The van der Waals surface area contributed by atoms with E-state index >= 15 is 0 Å². The highest BCUT2D eigenvalue weighted by atomic mass is 16.3. The molecular formula is C16H21N5O2. The van der Waals surface area contributed by atoms with Crippen LogP contribution in [0.2, 0.25) is 0 Å². The van der Waals surface area contributed by atoms with Gasteiger partial charge >= 0.3 is 6.03 Å². The minimum atomic E-state index is -0.233. The Bertz CT molecular complexity index is 626.